The molecule has 0 heterocycles. The summed E-state index contributed by atoms with van der Waals surface area (Å²) in [7, 11) is 0. The lowest BCUT2D eigenvalue weighted by Crippen LogP contribution is -2.36. The number of hydrogen-bond donors (Lipinski definition) is 0. The average Bonchev–Trinajstić information content (AvgIpc) is 2.65. The molecule has 1 nitrogen and oxygen atoms in total. The second-order valence-electron chi connectivity index (χ2n) is 3.66. The van der Waals surface area contributed by atoms with Gasteiger partial charge in [-0.1, -0.05) is 12.8 Å². The standard InChI is InChI=1S/C10H20ClNS/c1-13-9-8-12(7-6-11)10-4-2-3-5-10/h10H,2-9H2,1H3. The highest BCUT2D eigenvalue weighted by molar-refractivity contribution is 7.98. The molecule has 0 N–H and O–H groups in total. The maximum absolute atomic E-state index is 5.81. The largest absolute Gasteiger partial charge is 0.298 e. The fraction of sp³-hybridized carbons (Fsp3) is 1.00. The molecule has 0 amide bonds. The first-order valence-corrected chi connectivity index (χ1v) is 7.10. The van der Waals surface area contributed by atoms with Gasteiger partial charge in [0.15, 0.2) is 0 Å². The second kappa shape index (κ2) is 6.97. The van der Waals surface area contributed by atoms with Crippen LogP contribution in [-0.2, 0) is 0 Å². The summed E-state index contributed by atoms with van der Waals surface area (Å²) in [5, 5.41) is 0. The van der Waals surface area contributed by atoms with Gasteiger partial charge in [0.05, 0.1) is 0 Å². The molecule has 0 aromatic heterocycles. The predicted octanol–water partition coefficient (Wildman–Crippen LogP) is 2.83. The molecule has 0 radical (unpaired) electrons. The monoisotopic (exact) mass is 221 g/mol. The smallest absolute Gasteiger partial charge is 0.0351 e. The summed E-state index contributed by atoms with van der Waals surface area (Å²) < 4.78 is 0. The normalized spacial score (nSPS) is 18.7. The molecule has 1 aliphatic rings. The van der Waals surface area contributed by atoms with E-state index in [1.165, 1.54) is 38.0 Å². The lowest BCUT2D eigenvalue weighted by atomic mass is 10.2. The highest BCUT2D eigenvalue weighted by Gasteiger charge is 2.21. The van der Waals surface area contributed by atoms with Crippen LogP contribution in [0.5, 0.6) is 0 Å². The third kappa shape index (κ3) is 4.09. The van der Waals surface area contributed by atoms with Crippen LogP contribution in [0.1, 0.15) is 25.7 Å². The van der Waals surface area contributed by atoms with Crippen molar-refractivity contribution in [1.29, 1.82) is 0 Å². The molecule has 0 unspecified atom stereocenters. The number of thioether (sulfide) groups is 1. The quantitative estimate of drug-likeness (QED) is 0.635. The van der Waals surface area contributed by atoms with Gasteiger partial charge in [0.1, 0.15) is 0 Å². The van der Waals surface area contributed by atoms with Crippen LogP contribution in [0.2, 0.25) is 0 Å². The molecular weight excluding hydrogens is 202 g/mol. The Kier molecular flexibility index (Phi) is 6.26. The van der Waals surface area contributed by atoms with E-state index in [4.69, 9.17) is 11.6 Å². The molecule has 78 valence electrons. The van der Waals surface area contributed by atoms with Gasteiger partial charge in [-0.15, -0.1) is 11.6 Å². The van der Waals surface area contributed by atoms with Crippen molar-refractivity contribution in [3.05, 3.63) is 0 Å². The Bertz CT molecular complexity index is 126. The molecule has 13 heavy (non-hydrogen) atoms. The summed E-state index contributed by atoms with van der Waals surface area (Å²) in [6.07, 6.45) is 7.80. The highest BCUT2D eigenvalue weighted by atomic mass is 35.5. The average molecular weight is 222 g/mol. The maximum atomic E-state index is 5.81. The van der Waals surface area contributed by atoms with E-state index < -0.39 is 0 Å². The molecular formula is C10H20ClNS. The van der Waals surface area contributed by atoms with Crippen LogP contribution >= 0.6 is 23.4 Å². The number of halogens is 1. The van der Waals surface area contributed by atoms with E-state index in [9.17, 15) is 0 Å². The third-order valence-electron chi connectivity index (χ3n) is 2.80. The van der Waals surface area contributed by atoms with Gasteiger partial charge in [-0.3, -0.25) is 4.90 Å². The fourth-order valence-electron chi connectivity index (χ4n) is 2.06. The van der Waals surface area contributed by atoms with Gasteiger partial charge < -0.3 is 0 Å². The fourth-order valence-corrected chi connectivity index (χ4v) is 2.70. The van der Waals surface area contributed by atoms with E-state index in [-0.39, 0.29) is 0 Å². The summed E-state index contributed by atoms with van der Waals surface area (Å²) in [4.78, 5) is 2.58. The number of nitrogens with zero attached hydrogens (tertiary/aromatic N) is 1. The molecule has 1 rings (SSSR count). The zero-order chi connectivity index (χ0) is 9.52. The predicted molar refractivity (Wildman–Crippen MR) is 62.9 cm³/mol. The molecule has 1 saturated carbocycles. The van der Waals surface area contributed by atoms with E-state index >= 15 is 0 Å². The Balaban J connectivity index is 2.26. The van der Waals surface area contributed by atoms with Crippen LogP contribution < -0.4 is 0 Å². The van der Waals surface area contributed by atoms with Crippen molar-refractivity contribution in [2.75, 3.05) is 31.0 Å². The summed E-state index contributed by atoms with van der Waals surface area (Å²) in [5.41, 5.74) is 0. The van der Waals surface area contributed by atoms with Gasteiger partial charge in [-0.05, 0) is 19.1 Å². The van der Waals surface area contributed by atoms with Crippen molar-refractivity contribution in [2.45, 2.75) is 31.7 Å². The van der Waals surface area contributed by atoms with Gasteiger partial charge in [0.2, 0.25) is 0 Å². The first-order valence-electron chi connectivity index (χ1n) is 5.17. The summed E-state index contributed by atoms with van der Waals surface area (Å²) >= 11 is 7.74. The molecule has 0 bridgehead atoms. The summed E-state index contributed by atoms with van der Waals surface area (Å²) in [6.45, 7) is 2.30. The minimum Gasteiger partial charge on any atom is -0.298 e. The number of hydrogen-bond acceptors (Lipinski definition) is 2. The Labute approximate surface area is 91.2 Å². The van der Waals surface area contributed by atoms with E-state index in [0.717, 1.165) is 18.5 Å². The van der Waals surface area contributed by atoms with Gasteiger partial charge in [0.25, 0.3) is 0 Å². The summed E-state index contributed by atoms with van der Waals surface area (Å²) in [6, 6.07) is 0.839. The van der Waals surface area contributed by atoms with Gasteiger partial charge >= 0.3 is 0 Å². The Morgan fingerprint density at radius 1 is 1.31 bits per heavy atom. The molecule has 0 spiro atoms. The van der Waals surface area contributed by atoms with Crippen molar-refractivity contribution < 1.29 is 0 Å². The minimum absolute atomic E-state index is 0.783. The molecule has 1 aliphatic carbocycles. The van der Waals surface area contributed by atoms with Crippen LogP contribution in [-0.4, -0.2) is 41.9 Å². The van der Waals surface area contributed by atoms with Crippen LogP contribution in [0.25, 0.3) is 0 Å². The van der Waals surface area contributed by atoms with Crippen molar-refractivity contribution >= 4 is 23.4 Å². The number of rotatable bonds is 6. The molecule has 0 aromatic rings. The molecule has 0 aromatic carbocycles. The Hall–Kier alpha value is 0.600. The summed E-state index contributed by atoms with van der Waals surface area (Å²) in [5.74, 6) is 2.03. The van der Waals surface area contributed by atoms with Crippen LogP contribution in [0, 0.1) is 0 Å². The van der Waals surface area contributed by atoms with Crippen LogP contribution in [0.3, 0.4) is 0 Å². The van der Waals surface area contributed by atoms with Crippen molar-refractivity contribution in [1.82, 2.24) is 4.90 Å². The van der Waals surface area contributed by atoms with Gasteiger partial charge in [-0.2, -0.15) is 11.8 Å². The third-order valence-corrected chi connectivity index (χ3v) is 3.56. The van der Waals surface area contributed by atoms with Crippen LogP contribution in [0.4, 0.5) is 0 Å². The van der Waals surface area contributed by atoms with Crippen molar-refractivity contribution in [3.63, 3.8) is 0 Å². The Morgan fingerprint density at radius 2 is 2.00 bits per heavy atom. The van der Waals surface area contributed by atoms with E-state index in [1.54, 1.807) is 0 Å². The molecule has 1 fully saturated rings. The second-order valence-corrected chi connectivity index (χ2v) is 5.02. The van der Waals surface area contributed by atoms with E-state index in [2.05, 4.69) is 11.2 Å². The minimum atomic E-state index is 0.783. The van der Waals surface area contributed by atoms with Crippen molar-refractivity contribution in [3.8, 4) is 0 Å². The zero-order valence-corrected chi connectivity index (χ0v) is 10.0. The Morgan fingerprint density at radius 3 is 2.54 bits per heavy atom. The molecule has 0 saturated heterocycles. The van der Waals surface area contributed by atoms with Crippen molar-refractivity contribution in [2.24, 2.45) is 0 Å². The SMILES string of the molecule is CSCCN(CCCl)C1CCCC1. The van der Waals surface area contributed by atoms with Gasteiger partial charge in [-0.25, -0.2) is 0 Å². The van der Waals surface area contributed by atoms with E-state index in [0.29, 0.717) is 0 Å². The molecule has 3 heteroatoms. The van der Waals surface area contributed by atoms with E-state index in [1.807, 2.05) is 11.8 Å². The van der Waals surface area contributed by atoms with Crippen LogP contribution in [0.15, 0.2) is 0 Å². The van der Waals surface area contributed by atoms with Gasteiger partial charge in [0, 0.05) is 30.8 Å². The first-order chi connectivity index (χ1) is 6.38. The highest BCUT2D eigenvalue weighted by Crippen LogP contribution is 2.23. The zero-order valence-electron chi connectivity index (χ0n) is 8.47. The molecule has 0 aliphatic heterocycles. The number of alkyl halides is 1. The topological polar surface area (TPSA) is 3.24 Å². The maximum Gasteiger partial charge on any atom is 0.0351 e. The first kappa shape index (κ1) is 11.7. The molecule has 0 atom stereocenters. The lowest BCUT2D eigenvalue weighted by molar-refractivity contribution is 0.223. The lowest BCUT2D eigenvalue weighted by Gasteiger charge is -2.27.